The molecule has 2 heterocycles. The van der Waals surface area contributed by atoms with Gasteiger partial charge in [-0.2, -0.15) is 0 Å². The fourth-order valence-electron chi connectivity index (χ4n) is 2.41. The first-order valence-electron chi connectivity index (χ1n) is 7.03. The Kier molecular flexibility index (Phi) is 3.81. The molecule has 0 unspecified atom stereocenters. The Labute approximate surface area is 115 Å². The summed E-state index contributed by atoms with van der Waals surface area (Å²) in [6.45, 7) is 11.5. The lowest BCUT2D eigenvalue weighted by Crippen LogP contribution is -2.55. The molecule has 1 aromatic rings. The highest BCUT2D eigenvalue weighted by molar-refractivity contribution is 5.86. The van der Waals surface area contributed by atoms with E-state index < -0.39 is 0 Å². The second-order valence-corrected chi connectivity index (χ2v) is 6.71. The average Bonchev–Trinajstić information content (AvgIpc) is 2.62. The maximum absolute atomic E-state index is 12.2. The molecule has 1 aliphatic rings. The van der Waals surface area contributed by atoms with Crippen LogP contribution in [0.15, 0.2) is 10.6 Å². The first kappa shape index (κ1) is 14.3. The van der Waals surface area contributed by atoms with Crippen LogP contribution in [0.3, 0.4) is 0 Å². The van der Waals surface area contributed by atoms with Gasteiger partial charge in [0.2, 0.25) is 0 Å². The van der Waals surface area contributed by atoms with Gasteiger partial charge in [0.15, 0.2) is 5.78 Å². The largest absolute Gasteiger partial charge is 0.361 e. The highest BCUT2D eigenvalue weighted by Gasteiger charge is 2.35. The van der Waals surface area contributed by atoms with E-state index in [1.807, 2.05) is 6.07 Å². The molecule has 0 saturated carbocycles. The van der Waals surface area contributed by atoms with Gasteiger partial charge in [-0.1, -0.05) is 25.9 Å². The van der Waals surface area contributed by atoms with Crippen LogP contribution in [-0.4, -0.2) is 34.5 Å². The van der Waals surface area contributed by atoms with Gasteiger partial charge in [0.05, 0.1) is 18.2 Å². The van der Waals surface area contributed by atoms with Crippen LogP contribution in [0.25, 0.3) is 0 Å². The number of aromatic nitrogens is 1. The Balaban J connectivity index is 1.98. The van der Waals surface area contributed by atoms with E-state index >= 15 is 0 Å². The van der Waals surface area contributed by atoms with Gasteiger partial charge in [0.25, 0.3) is 0 Å². The maximum Gasteiger partial charge on any atom is 0.157 e. The summed E-state index contributed by atoms with van der Waals surface area (Å²) in [5.41, 5.74) is 0.871. The second kappa shape index (κ2) is 5.08. The highest BCUT2D eigenvalue weighted by atomic mass is 16.5. The van der Waals surface area contributed by atoms with Crippen molar-refractivity contribution in [1.29, 1.82) is 0 Å². The van der Waals surface area contributed by atoms with Crippen LogP contribution in [-0.2, 0) is 16.6 Å². The number of carbonyl (C=O) groups excluding carboxylic acids is 1. The number of rotatable bonds is 4. The molecule has 1 fully saturated rings. The summed E-state index contributed by atoms with van der Waals surface area (Å²) in [6.07, 6.45) is 1.33. The summed E-state index contributed by atoms with van der Waals surface area (Å²) in [7, 11) is 0. The molecule has 0 spiro atoms. The molecule has 1 saturated heterocycles. The smallest absolute Gasteiger partial charge is 0.157 e. The van der Waals surface area contributed by atoms with Crippen LogP contribution < -0.4 is 0 Å². The number of likely N-dealkylation sites (tertiary alicyclic amines) is 1. The molecule has 106 valence electrons. The SMILES string of the molecule is CC(C)N1CC[C@H]1C(=O)Cc1cc(C(C)(C)C)no1. The molecule has 2 rings (SSSR count). The van der Waals surface area contributed by atoms with Crippen molar-refractivity contribution in [3.63, 3.8) is 0 Å². The molecule has 19 heavy (non-hydrogen) atoms. The lowest BCUT2D eigenvalue weighted by molar-refractivity contribution is -0.129. The maximum atomic E-state index is 12.2. The van der Waals surface area contributed by atoms with Crippen LogP contribution in [0.1, 0.15) is 52.5 Å². The normalized spacial score (nSPS) is 20.6. The molecule has 0 radical (unpaired) electrons. The summed E-state index contributed by atoms with van der Waals surface area (Å²) >= 11 is 0. The summed E-state index contributed by atoms with van der Waals surface area (Å²) in [6, 6.07) is 2.42. The van der Waals surface area contributed by atoms with Crippen LogP contribution in [0.5, 0.6) is 0 Å². The highest BCUT2D eigenvalue weighted by Crippen LogP contribution is 2.25. The predicted molar refractivity (Wildman–Crippen MR) is 74.2 cm³/mol. The van der Waals surface area contributed by atoms with Gasteiger partial charge in [0, 0.05) is 24.1 Å². The lowest BCUT2D eigenvalue weighted by atomic mass is 9.91. The molecular formula is C15H24N2O2. The lowest BCUT2D eigenvalue weighted by Gasteiger charge is -2.42. The van der Waals surface area contributed by atoms with E-state index in [0.29, 0.717) is 18.2 Å². The summed E-state index contributed by atoms with van der Waals surface area (Å²) in [5, 5.41) is 4.06. The molecule has 0 bridgehead atoms. The molecule has 0 aromatic carbocycles. The van der Waals surface area contributed by atoms with Crippen LogP contribution >= 0.6 is 0 Å². The number of hydrogen-bond donors (Lipinski definition) is 0. The van der Waals surface area contributed by atoms with Crippen molar-refractivity contribution in [3.05, 3.63) is 17.5 Å². The van der Waals surface area contributed by atoms with E-state index in [1.165, 1.54) is 0 Å². The molecule has 4 nitrogen and oxygen atoms in total. The van der Waals surface area contributed by atoms with Crippen molar-refractivity contribution < 1.29 is 9.32 Å². The fraction of sp³-hybridized carbons (Fsp3) is 0.733. The number of carbonyl (C=O) groups is 1. The minimum atomic E-state index is -0.0365. The number of ketones is 1. The van der Waals surface area contributed by atoms with Gasteiger partial charge in [-0.15, -0.1) is 0 Å². The zero-order valence-electron chi connectivity index (χ0n) is 12.6. The molecule has 0 amide bonds. The monoisotopic (exact) mass is 264 g/mol. The molecule has 1 aliphatic heterocycles. The molecule has 4 heteroatoms. The van der Waals surface area contributed by atoms with Crippen molar-refractivity contribution in [1.82, 2.24) is 10.1 Å². The Morgan fingerprint density at radius 1 is 1.53 bits per heavy atom. The standard InChI is InChI=1S/C15H24N2O2/c1-10(2)17-7-6-12(17)13(18)8-11-9-14(16-19-11)15(3,4)5/h9-10,12H,6-8H2,1-5H3/t12-/m0/s1. The minimum absolute atomic E-state index is 0.0365. The first-order valence-corrected chi connectivity index (χ1v) is 7.03. The quantitative estimate of drug-likeness (QED) is 0.838. The van der Waals surface area contributed by atoms with Gasteiger partial charge >= 0.3 is 0 Å². The third-order valence-electron chi connectivity index (χ3n) is 3.77. The van der Waals surface area contributed by atoms with Gasteiger partial charge < -0.3 is 4.52 Å². The Morgan fingerprint density at radius 2 is 2.21 bits per heavy atom. The molecule has 0 aliphatic carbocycles. The van der Waals surface area contributed by atoms with Crippen molar-refractivity contribution in [2.45, 2.75) is 65.0 Å². The molecule has 1 atom stereocenters. The van der Waals surface area contributed by atoms with E-state index in [-0.39, 0.29) is 17.2 Å². The Hall–Kier alpha value is -1.16. The molecular weight excluding hydrogens is 240 g/mol. The van der Waals surface area contributed by atoms with Gasteiger partial charge in [-0.3, -0.25) is 9.69 Å². The van der Waals surface area contributed by atoms with Crippen LogP contribution in [0.2, 0.25) is 0 Å². The third-order valence-corrected chi connectivity index (χ3v) is 3.77. The van der Waals surface area contributed by atoms with E-state index in [0.717, 1.165) is 18.7 Å². The predicted octanol–water partition coefficient (Wildman–Crippen LogP) is 2.57. The zero-order chi connectivity index (χ0) is 14.2. The topological polar surface area (TPSA) is 46.3 Å². The number of Topliss-reactive ketones (excluding diaryl/α,β-unsaturated/α-hetero) is 1. The van der Waals surface area contributed by atoms with Crippen molar-refractivity contribution in [2.75, 3.05) is 6.54 Å². The second-order valence-electron chi connectivity index (χ2n) is 6.71. The van der Waals surface area contributed by atoms with Crippen molar-refractivity contribution in [3.8, 4) is 0 Å². The van der Waals surface area contributed by atoms with Crippen LogP contribution in [0, 0.1) is 0 Å². The van der Waals surface area contributed by atoms with E-state index in [4.69, 9.17) is 4.52 Å². The zero-order valence-corrected chi connectivity index (χ0v) is 12.6. The fourth-order valence-corrected chi connectivity index (χ4v) is 2.41. The number of hydrogen-bond acceptors (Lipinski definition) is 4. The summed E-state index contributed by atoms with van der Waals surface area (Å²) < 4.78 is 5.29. The first-order chi connectivity index (χ1) is 8.79. The Morgan fingerprint density at radius 3 is 2.63 bits per heavy atom. The minimum Gasteiger partial charge on any atom is -0.361 e. The molecule has 1 aromatic heterocycles. The van der Waals surface area contributed by atoms with Gasteiger partial charge in [-0.05, 0) is 20.3 Å². The van der Waals surface area contributed by atoms with Crippen molar-refractivity contribution >= 4 is 5.78 Å². The van der Waals surface area contributed by atoms with Crippen LogP contribution in [0.4, 0.5) is 0 Å². The third kappa shape index (κ3) is 3.06. The van der Waals surface area contributed by atoms with Gasteiger partial charge in [-0.25, -0.2) is 0 Å². The average molecular weight is 264 g/mol. The van der Waals surface area contributed by atoms with Gasteiger partial charge in [0.1, 0.15) is 5.76 Å². The van der Waals surface area contributed by atoms with E-state index in [9.17, 15) is 4.79 Å². The Bertz CT molecular complexity index is 457. The molecule has 0 N–H and O–H groups in total. The van der Waals surface area contributed by atoms with E-state index in [1.54, 1.807) is 0 Å². The van der Waals surface area contributed by atoms with Crippen molar-refractivity contribution in [2.24, 2.45) is 0 Å². The summed E-state index contributed by atoms with van der Waals surface area (Å²) in [4.78, 5) is 14.5. The summed E-state index contributed by atoms with van der Waals surface area (Å²) in [5.74, 6) is 0.932. The van der Waals surface area contributed by atoms with E-state index in [2.05, 4.69) is 44.7 Å². The number of nitrogens with zero attached hydrogens (tertiary/aromatic N) is 2.